The van der Waals surface area contributed by atoms with E-state index in [1.165, 1.54) is 35.6 Å². The topological polar surface area (TPSA) is 66.5 Å². The molecule has 0 bridgehead atoms. The average Bonchev–Trinajstić information content (AvgIpc) is 2.74. The van der Waals surface area contributed by atoms with Crippen molar-refractivity contribution in [2.75, 3.05) is 11.4 Å². The third-order valence-electron chi connectivity index (χ3n) is 4.61. The molecule has 0 fully saturated rings. The maximum absolute atomic E-state index is 13.0. The molecule has 1 atom stereocenters. The third kappa shape index (κ3) is 4.63. The van der Waals surface area contributed by atoms with Gasteiger partial charge in [-0.25, -0.2) is 12.8 Å². The zero-order valence-electron chi connectivity index (χ0n) is 16.0. The Bertz CT molecular complexity index is 1080. The van der Waals surface area contributed by atoms with E-state index in [1.54, 1.807) is 61.5 Å². The van der Waals surface area contributed by atoms with Crippen LogP contribution < -0.4 is 9.62 Å². The quantitative estimate of drug-likeness (QED) is 0.662. The minimum Gasteiger partial charge on any atom is -0.346 e. The number of nitrogens with zero attached hydrogens (tertiary/aromatic N) is 1. The van der Waals surface area contributed by atoms with Crippen LogP contribution in [0.15, 0.2) is 83.8 Å². The maximum atomic E-state index is 13.0. The summed E-state index contributed by atoms with van der Waals surface area (Å²) in [4.78, 5) is 12.7. The van der Waals surface area contributed by atoms with Gasteiger partial charge in [0.25, 0.3) is 15.9 Å². The molecule has 0 saturated carbocycles. The van der Waals surface area contributed by atoms with Crippen molar-refractivity contribution in [3.63, 3.8) is 0 Å². The number of anilines is 1. The summed E-state index contributed by atoms with van der Waals surface area (Å²) < 4.78 is 39.6. The highest BCUT2D eigenvalue weighted by molar-refractivity contribution is 7.92. The molecule has 150 valence electrons. The molecule has 1 N–H and O–H groups in total. The Hall–Kier alpha value is -3.19. The van der Waals surface area contributed by atoms with E-state index in [2.05, 4.69) is 5.32 Å². The monoisotopic (exact) mass is 412 g/mol. The molecule has 0 heterocycles. The summed E-state index contributed by atoms with van der Waals surface area (Å²) in [6.07, 6.45) is 0. The highest BCUT2D eigenvalue weighted by atomic mass is 32.2. The van der Waals surface area contributed by atoms with Crippen molar-refractivity contribution < 1.29 is 17.6 Å². The number of halogens is 1. The first-order valence-corrected chi connectivity index (χ1v) is 10.4. The van der Waals surface area contributed by atoms with E-state index in [0.29, 0.717) is 11.3 Å². The highest BCUT2D eigenvalue weighted by Crippen LogP contribution is 2.22. The van der Waals surface area contributed by atoms with E-state index in [1.807, 2.05) is 0 Å². The molecule has 1 amide bonds. The second-order valence-corrected chi connectivity index (χ2v) is 8.55. The first-order chi connectivity index (χ1) is 13.8. The molecule has 0 aromatic heterocycles. The summed E-state index contributed by atoms with van der Waals surface area (Å²) in [5.74, 6) is -0.639. The zero-order chi connectivity index (χ0) is 21.0. The van der Waals surface area contributed by atoms with E-state index in [4.69, 9.17) is 0 Å². The number of nitrogens with one attached hydrogen (secondary N) is 1. The van der Waals surface area contributed by atoms with Crippen LogP contribution in [0.25, 0.3) is 0 Å². The lowest BCUT2D eigenvalue weighted by Gasteiger charge is -2.20. The molecule has 0 aliphatic carbocycles. The van der Waals surface area contributed by atoms with E-state index in [9.17, 15) is 17.6 Å². The highest BCUT2D eigenvalue weighted by Gasteiger charge is 2.21. The summed E-state index contributed by atoms with van der Waals surface area (Å²) in [6.45, 7) is 1.81. The van der Waals surface area contributed by atoms with E-state index < -0.39 is 10.0 Å². The van der Waals surface area contributed by atoms with Crippen molar-refractivity contribution >= 4 is 21.6 Å². The second kappa shape index (κ2) is 8.45. The molecular weight excluding hydrogens is 391 g/mol. The molecule has 0 unspecified atom stereocenters. The lowest BCUT2D eigenvalue weighted by Crippen LogP contribution is -2.28. The number of carbonyl (C=O) groups is 1. The number of benzene rings is 3. The third-order valence-corrected chi connectivity index (χ3v) is 6.41. The Morgan fingerprint density at radius 1 is 0.931 bits per heavy atom. The molecule has 5 nitrogen and oxygen atoms in total. The number of sulfonamides is 1. The number of hydrogen-bond acceptors (Lipinski definition) is 3. The van der Waals surface area contributed by atoms with Crippen molar-refractivity contribution in [3.05, 3.63) is 95.8 Å². The van der Waals surface area contributed by atoms with Gasteiger partial charge in [-0.15, -0.1) is 0 Å². The zero-order valence-corrected chi connectivity index (χ0v) is 16.9. The van der Waals surface area contributed by atoms with Crippen LogP contribution >= 0.6 is 0 Å². The van der Waals surface area contributed by atoms with Crippen molar-refractivity contribution in [1.29, 1.82) is 0 Å². The summed E-state index contributed by atoms with van der Waals surface area (Å²) in [6, 6.07) is 20.1. The van der Waals surface area contributed by atoms with E-state index >= 15 is 0 Å². The molecule has 0 saturated heterocycles. The van der Waals surface area contributed by atoms with Gasteiger partial charge in [-0.2, -0.15) is 0 Å². The molecule has 29 heavy (non-hydrogen) atoms. The SMILES string of the molecule is C[C@H](NC(=O)c1ccc(N(C)S(=O)(=O)c2ccccc2)cc1)c1ccc(F)cc1. The molecule has 3 aromatic rings. The second-order valence-electron chi connectivity index (χ2n) is 6.58. The van der Waals surface area contributed by atoms with Crippen LogP contribution in [0.2, 0.25) is 0 Å². The van der Waals surface area contributed by atoms with Crippen LogP contribution in [-0.2, 0) is 10.0 Å². The number of hydrogen-bond donors (Lipinski definition) is 1. The van der Waals surface area contributed by atoms with Gasteiger partial charge in [0.05, 0.1) is 16.6 Å². The summed E-state index contributed by atoms with van der Waals surface area (Å²) in [5.41, 5.74) is 1.62. The van der Waals surface area contributed by atoms with Gasteiger partial charge in [0.15, 0.2) is 0 Å². The molecule has 3 aromatic carbocycles. The molecule has 0 spiro atoms. The van der Waals surface area contributed by atoms with Crippen LogP contribution in [0.1, 0.15) is 28.9 Å². The molecule has 7 heteroatoms. The Kier molecular flexibility index (Phi) is 5.98. The predicted molar refractivity (Wildman–Crippen MR) is 111 cm³/mol. The molecular formula is C22H21FN2O3S. The van der Waals surface area contributed by atoms with Crippen LogP contribution in [0.5, 0.6) is 0 Å². The number of carbonyl (C=O) groups excluding carboxylic acids is 1. The Labute approximate surface area is 169 Å². The standard InChI is InChI=1S/C22H21FN2O3S/c1-16(17-8-12-19(23)13-9-17)24-22(26)18-10-14-20(15-11-18)25(2)29(27,28)21-6-4-3-5-7-21/h3-16H,1-2H3,(H,24,26)/t16-/m0/s1. The lowest BCUT2D eigenvalue weighted by molar-refractivity contribution is 0.0940. The van der Waals surface area contributed by atoms with Crippen molar-refractivity contribution in [2.24, 2.45) is 0 Å². The van der Waals surface area contributed by atoms with Crippen molar-refractivity contribution in [3.8, 4) is 0 Å². The Balaban J connectivity index is 1.72. The molecule has 0 aliphatic heterocycles. The summed E-state index contributed by atoms with van der Waals surface area (Å²) >= 11 is 0. The maximum Gasteiger partial charge on any atom is 0.264 e. The van der Waals surface area contributed by atoms with Gasteiger partial charge in [0, 0.05) is 12.6 Å². The number of amides is 1. The smallest absolute Gasteiger partial charge is 0.264 e. The number of rotatable bonds is 6. The van der Waals surface area contributed by atoms with Gasteiger partial charge in [0.1, 0.15) is 5.82 Å². The fraction of sp³-hybridized carbons (Fsp3) is 0.136. The van der Waals surface area contributed by atoms with Crippen molar-refractivity contribution in [2.45, 2.75) is 17.9 Å². The average molecular weight is 412 g/mol. The first kappa shape index (κ1) is 20.5. The van der Waals surface area contributed by atoms with E-state index in [-0.39, 0.29) is 22.7 Å². The fourth-order valence-electron chi connectivity index (χ4n) is 2.83. The summed E-state index contributed by atoms with van der Waals surface area (Å²) in [7, 11) is -2.22. The summed E-state index contributed by atoms with van der Waals surface area (Å²) in [5, 5.41) is 2.84. The Morgan fingerprint density at radius 3 is 2.10 bits per heavy atom. The van der Waals surface area contributed by atoms with Crippen molar-refractivity contribution in [1.82, 2.24) is 5.32 Å². The van der Waals surface area contributed by atoms with E-state index in [0.717, 1.165) is 5.56 Å². The minimum absolute atomic E-state index is 0.192. The van der Waals surface area contributed by atoms with Gasteiger partial charge in [-0.3, -0.25) is 9.10 Å². The van der Waals surface area contributed by atoms with Crippen LogP contribution in [0.3, 0.4) is 0 Å². The molecule has 0 aliphatic rings. The largest absolute Gasteiger partial charge is 0.346 e. The minimum atomic E-state index is -3.68. The molecule has 3 rings (SSSR count). The van der Waals surface area contributed by atoms with Crippen LogP contribution in [0.4, 0.5) is 10.1 Å². The lowest BCUT2D eigenvalue weighted by atomic mass is 10.1. The Morgan fingerprint density at radius 2 is 1.52 bits per heavy atom. The van der Waals surface area contributed by atoms with Gasteiger partial charge < -0.3 is 5.32 Å². The van der Waals surface area contributed by atoms with Gasteiger partial charge in [-0.1, -0.05) is 30.3 Å². The molecule has 0 radical (unpaired) electrons. The van der Waals surface area contributed by atoms with Gasteiger partial charge in [-0.05, 0) is 61.0 Å². The van der Waals surface area contributed by atoms with Crippen LogP contribution in [-0.4, -0.2) is 21.4 Å². The first-order valence-electron chi connectivity index (χ1n) is 8.99. The normalized spacial score (nSPS) is 12.2. The van der Waals surface area contributed by atoms with Gasteiger partial charge >= 0.3 is 0 Å². The van der Waals surface area contributed by atoms with Gasteiger partial charge in [0.2, 0.25) is 0 Å². The van der Waals surface area contributed by atoms with Crippen LogP contribution in [0, 0.1) is 5.82 Å². The predicted octanol–water partition coefficient (Wildman–Crippen LogP) is 4.14. The fourth-order valence-corrected chi connectivity index (χ4v) is 4.04.